The van der Waals surface area contributed by atoms with Crippen LogP contribution in [0.15, 0.2) is 24.5 Å². The van der Waals surface area contributed by atoms with Crippen LogP contribution in [0.2, 0.25) is 0 Å². The number of ether oxygens (including phenoxy) is 1. The first-order chi connectivity index (χ1) is 8.85. The first kappa shape index (κ1) is 11.7. The van der Waals surface area contributed by atoms with Crippen LogP contribution >= 0.6 is 0 Å². The highest BCUT2D eigenvalue weighted by molar-refractivity contribution is 5.41. The molecule has 0 amide bonds. The van der Waals surface area contributed by atoms with E-state index in [1.165, 1.54) is 5.69 Å². The summed E-state index contributed by atoms with van der Waals surface area (Å²) >= 11 is 0. The van der Waals surface area contributed by atoms with Crippen molar-refractivity contribution in [3.05, 3.63) is 35.8 Å². The van der Waals surface area contributed by atoms with Crippen LogP contribution in [0.1, 0.15) is 24.1 Å². The van der Waals surface area contributed by atoms with Gasteiger partial charge in [-0.05, 0) is 36.8 Å². The van der Waals surface area contributed by atoms with Crippen molar-refractivity contribution in [2.24, 2.45) is 11.7 Å². The van der Waals surface area contributed by atoms with Gasteiger partial charge in [0.2, 0.25) is 0 Å². The first-order valence-corrected chi connectivity index (χ1v) is 6.59. The molecule has 0 aromatic carbocycles. The summed E-state index contributed by atoms with van der Waals surface area (Å²) in [6.45, 7) is 2.37. The lowest BCUT2D eigenvalue weighted by Crippen LogP contribution is -2.17. The van der Waals surface area contributed by atoms with Gasteiger partial charge in [-0.1, -0.05) is 6.07 Å². The van der Waals surface area contributed by atoms with Crippen LogP contribution in [0.4, 0.5) is 0 Å². The molecule has 18 heavy (non-hydrogen) atoms. The van der Waals surface area contributed by atoms with E-state index in [0.717, 1.165) is 49.6 Å². The summed E-state index contributed by atoms with van der Waals surface area (Å²) in [5.41, 5.74) is 8.97. The fourth-order valence-electron chi connectivity index (χ4n) is 2.56. The van der Waals surface area contributed by atoms with E-state index in [0.29, 0.717) is 6.54 Å². The maximum absolute atomic E-state index is 5.65. The molecule has 4 heteroatoms. The zero-order valence-electron chi connectivity index (χ0n) is 10.5. The molecule has 1 fully saturated rings. The molecule has 0 unspecified atom stereocenters. The Balaban J connectivity index is 1.79. The summed E-state index contributed by atoms with van der Waals surface area (Å²) in [5.74, 6) is 0.720. The fraction of sp³-hybridized carbons (Fsp3) is 0.500. The Labute approximate surface area is 107 Å². The highest BCUT2D eigenvalue weighted by atomic mass is 16.5. The van der Waals surface area contributed by atoms with Crippen LogP contribution in [0.25, 0.3) is 5.65 Å². The maximum Gasteiger partial charge on any atom is 0.136 e. The quantitative estimate of drug-likeness (QED) is 0.896. The summed E-state index contributed by atoms with van der Waals surface area (Å²) < 4.78 is 7.47. The minimum Gasteiger partial charge on any atom is -0.381 e. The zero-order valence-corrected chi connectivity index (χ0v) is 10.5. The van der Waals surface area contributed by atoms with Crippen molar-refractivity contribution < 1.29 is 4.74 Å². The van der Waals surface area contributed by atoms with Crippen molar-refractivity contribution in [2.45, 2.75) is 25.8 Å². The van der Waals surface area contributed by atoms with Crippen molar-refractivity contribution >= 4 is 5.65 Å². The van der Waals surface area contributed by atoms with Gasteiger partial charge in [0.05, 0.1) is 5.69 Å². The van der Waals surface area contributed by atoms with Crippen LogP contribution in [-0.2, 0) is 17.7 Å². The second kappa shape index (κ2) is 5.08. The number of hydrogen-bond acceptors (Lipinski definition) is 3. The summed E-state index contributed by atoms with van der Waals surface area (Å²) in [7, 11) is 0. The predicted octanol–water partition coefficient (Wildman–Crippen LogP) is 1.76. The van der Waals surface area contributed by atoms with E-state index < -0.39 is 0 Å². The number of fused-ring (bicyclic) bond motifs is 1. The van der Waals surface area contributed by atoms with Gasteiger partial charge >= 0.3 is 0 Å². The van der Waals surface area contributed by atoms with E-state index in [9.17, 15) is 0 Å². The number of nitrogens with zero attached hydrogens (tertiary/aromatic N) is 2. The molecule has 0 atom stereocenters. The number of pyridine rings is 1. The Morgan fingerprint density at radius 3 is 2.89 bits per heavy atom. The van der Waals surface area contributed by atoms with Gasteiger partial charge in [-0.2, -0.15) is 0 Å². The Morgan fingerprint density at radius 1 is 1.28 bits per heavy atom. The molecule has 0 spiro atoms. The maximum atomic E-state index is 5.65. The molecule has 2 aromatic rings. The highest BCUT2D eigenvalue weighted by Crippen LogP contribution is 2.20. The van der Waals surface area contributed by atoms with Crippen LogP contribution in [0, 0.1) is 5.92 Å². The topological polar surface area (TPSA) is 52.5 Å². The summed E-state index contributed by atoms with van der Waals surface area (Å²) in [4.78, 5) is 4.66. The Hall–Kier alpha value is -1.39. The highest BCUT2D eigenvalue weighted by Gasteiger charge is 2.15. The van der Waals surface area contributed by atoms with Gasteiger partial charge in [0, 0.05) is 32.2 Å². The molecule has 0 saturated carbocycles. The molecule has 0 bridgehead atoms. The molecule has 3 heterocycles. The van der Waals surface area contributed by atoms with Gasteiger partial charge in [0.1, 0.15) is 5.65 Å². The first-order valence-electron chi connectivity index (χ1n) is 6.59. The third-order valence-corrected chi connectivity index (χ3v) is 3.64. The average Bonchev–Trinajstić information content (AvgIpc) is 2.80. The van der Waals surface area contributed by atoms with Gasteiger partial charge in [-0.15, -0.1) is 0 Å². The van der Waals surface area contributed by atoms with Crippen LogP contribution in [0.3, 0.4) is 0 Å². The molecular weight excluding hydrogens is 226 g/mol. The number of aromatic nitrogens is 2. The van der Waals surface area contributed by atoms with Crippen molar-refractivity contribution in [1.29, 1.82) is 0 Å². The molecule has 96 valence electrons. The molecule has 1 saturated heterocycles. The van der Waals surface area contributed by atoms with E-state index in [-0.39, 0.29) is 0 Å². The van der Waals surface area contributed by atoms with E-state index in [4.69, 9.17) is 10.5 Å². The lowest BCUT2D eigenvalue weighted by Gasteiger charge is -2.20. The molecule has 0 aliphatic carbocycles. The monoisotopic (exact) mass is 245 g/mol. The molecular formula is C14H19N3O. The molecule has 2 N–H and O–H groups in total. The van der Waals surface area contributed by atoms with Crippen LogP contribution in [-0.4, -0.2) is 22.6 Å². The number of hydrogen-bond donors (Lipinski definition) is 1. The Bertz CT molecular complexity index is 529. The molecule has 4 nitrogen and oxygen atoms in total. The lowest BCUT2D eigenvalue weighted by molar-refractivity contribution is 0.0663. The number of imidazole rings is 1. The van der Waals surface area contributed by atoms with Gasteiger partial charge < -0.3 is 14.9 Å². The van der Waals surface area contributed by atoms with Gasteiger partial charge in [-0.25, -0.2) is 4.98 Å². The minimum absolute atomic E-state index is 0.573. The van der Waals surface area contributed by atoms with Crippen molar-refractivity contribution in [3.8, 4) is 0 Å². The smallest absolute Gasteiger partial charge is 0.136 e. The molecule has 3 rings (SSSR count). The Morgan fingerprint density at radius 2 is 2.11 bits per heavy atom. The average molecular weight is 245 g/mol. The van der Waals surface area contributed by atoms with Gasteiger partial charge in [-0.3, -0.25) is 0 Å². The van der Waals surface area contributed by atoms with E-state index in [2.05, 4.69) is 21.8 Å². The van der Waals surface area contributed by atoms with E-state index in [1.807, 2.05) is 12.1 Å². The number of rotatable bonds is 3. The molecule has 1 aliphatic heterocycles. The van der Waals surface area contributed by atoms with Crippen LogP contribution in [0.5, 0.6) is 0 Å². The summed E-state index contributed by atoms with van der Waals surface area (Å²) in [6, 6.07) is 4.08. The number of nitrogens with two attached hydrogens (primary N) is 1. The Kier molecular flexibility index (Phi) is 3.30. The summed E-state index contributed by atoms with van der Waals surface area (Å²) in [5, 5.41) is 0. The largest absolute Gasteiger partial charge is 0.381 e. The molecule has 1 aliphatic rings. The normalized spacial score (nSPS) is 17.4. The van der Waals surface area contributed by atoms with Gasteiger partial charge in [0.15, 0.2) is 0 Å². The van der Waals surface area contributed by atoms with Crippen molar-refractivity contribution in [3.63, 3.8) is 0 Å². The zero-order chi connectivity index (χ0) is 12.4. The second-order valence-corrected chi connectivity index (χ2v) is 5.00. The fourth-order valence-corrected chi connectivity index (χ4v) is 2.56. The van der Waals surface area contributed by atoms with Crippen molar-refractivity contribution in [2.75, 3.05) is 13.2 Å². The third kappa shape index (κ3) is 2.40. The standard InChI is InChI=1S/C14H19N3O/c15-8-12-1-2-14-16-13(10-17(14)9-12)7-11-3-5-18-6-4-11/h1-2,9-11H,3-8,15H2. The molecule has 0 radical (unpaired) electrons. The predicted molar refractivity (Wildman–Crippen MR) is 70.3 cm³/mol. The van der Waals surface area contributed by atoms with Gasteiger partial charge in [0.25, 0.3) is 0 Å². The second-order valence-electron chi connectivity index (χ2n) is 5.00. The van der Waals surface area contributed by atoms with E-state index in [1.54, 1.807) is 0 Å². The van der Waals surface area contributed by atoms with Crippen molar-refractivity contribution in [1.82, 2.24) is 9.38 Å². The SMILES string of the molecule is NCc1ccc2nc(CC3CCOCC3)cn2c1. The lowest BCUT2D eigenvalue weighted by atomic mass is 9.95. The minimum atomic E-state index is 0.573. The summed E-state index contributed by atoms with van der Waals surface area (Å²) in [6.07, 6.45) is 7.56. The van der Waals surface area contributed by atoms with E-state index >= 15 is 0 Å². The third-order valence-electron chi connectivity index (χ3n) is 3.64. The molecule has 2 aromatic heterocycles. The van der Waals surface area contributed by atoms with Crippen LogP contribution < -0.4 is 5.73 Å².